The molecule has 0 spiro atoms. The number of benzene rings is 1. The molecule has 0 aliphatic rings. The summed E-state index contributed by atoms with van der Waals surface area (Å²) in [6.45, 7) is 3.87. The van der Waals surface area contributed by atoms with E-state index < -0.39 is 7.12 Å². The van der Waals surface area contributed by atoms with E-state index >= 15 is 0 Å². The third-order valence-electron chi connectivity index (χ3n) is 2.63. The van der Waals surface area contributed by atoms with Gasteiger partial charge in [-0.25, -0.2) is 0 Å². The zero-order valence-corrected chi connectivity index (χ0v) is 9.88. The molecule has 17 heavy (non-hydrogen) atoms. The summed E-state index contributed by atoms with van der Waals surface area (Å²) in [5.41, 5.74) is 4.45. The smallest absolute Gasteiger partial charge is 0.423 e. The second-order valence-electron chi connectivity index (χ2n) is 4.19. The first-order valence-corrected chi connectivity index (χ1v) is 5.47. The number of aromatic nitrogens is 1. The minimum atomic E-state index is -1.43. The van der Waals surface area contributed by atoms with Gasteiger partial charge in [0.05, 0.1) is 0 Å². The Bertz CT molecular complexity index is 541. The molecule has 0 aliphatic heterocycles. The van der Waals surface area contributed by atoms with Crippen molar-refractivity contribution in [2.24, 2.45) is 0 Å². The van der Waals surface area contributed by atoms with Crippen LogP contribution in [-0.2, 0) is 0 Å². The van der Waals surface area contributed by atoms with Crippen LogP contribution in [0.5, 0.6) is 0 Å². The average Bonchev–Trinajstić information content (AvgIpc) is 2.28. The molecule has 0 saturated heterocycles. The highest BCUT2D eigenvalue weighted by atomic mass is 16.4. The molecule has 1 aromatic heterocycles. The second-order valence-corrected chi connectivity index (χ2v) is 4.19. The molecule has 0 bridgehead atoms. The van der Waals surface area contributed by atoms with E-state index in [0.717, 1.165) is 22.4 Å². The maximum atomic E-state index is 9.22. The molecule has 2 aromatic rings. The standard InChI is InChI=1S/C13H14BNO2/c1-9-5-12(8-13(6-9)14(16)17)11-3-4-15-10(2)7-11/h3-8,16-17H,1-2H3. The molecule has 0 unspecified atom stereocenters. The van der Waals surface area contributed by atoms with E-state index in [0.29, 0.717) is 5.46 Å². The Labute approximate surface area is 101 Å². The van der Waals surface area contributed by atoms with E-state index in [9.17, 15) is 10.0 Å². The van der Waals surface area contributed by atoms with Gasteiger partial charge in [-0.05, 0) is 42.6 Å². The summed E-state index contributed by atoms with van der Waals surface area (Å²) in [5.74, 6) is 0. The van der Waals surface area contributed by atoms with Crippen molar-refractivity contribution in [1.29, 1.82) is 0 Å². The van der Waals surface area contributed by atoms with Crippen LogP contribution in [0.2, 0.25) is 0 Å². The molecule has 0 aliphatic carbocycles. The van der Waals surface area contributed by atoms with Gasteiger partial charge < -0.3 is 10.0 Å². The van der Waals surface area contributed by atoms with Gasteiger partial charge in [-0.3, -0.25) is 4.98 Å². The molecule has 1 heterocycles. The monoisotopic (exact) mass is 227 g/mol. The van der Waals surface area contributed by atoms with Gasteiger partial charge in [-0.15, -0.1) is 0 Å². The van der Waals surface area contributed by atoms with Crippen LogP contribution < -0.4 is 5.46 Å². The predicted octanol–water partition coefficient (Wildman–Crippen LogP) is 1.05. The van der Waals surface area contributed by atoms with E-state index in [2.05, 4.69) is 4.98 Å². The first kappa shape index (κ1) is 11.8. The fourth-order valence-corrected chi connectivity index (χ4v) is 1.85. The number of hydrogen-bond acceptors (Lipinski definition) is 3. The van der Waals surface area contributed by atoms with Gasteiger partial charge >= 0.3 is 7.12 Å². The van der Waals surface area contributed by atoms with Crippen LogP contribution >= 0.6 is 0 Å². The molecule has 86 valence electrons. The zero-order valence-electron chi connectivity index (χ0n) is 9.88. The van der Waals surface area contributed by atoms with Crippen LogP contribution in [0, 0.1) is 13.8 Å². The van der Waals surface area contributed by atoms with Crippen molar-refractivity contribution >= 4 is 12.6 Å². The van der Waals surface area contributed by atoms with Crippen molar-refractivity contribution < 1.29 is 10.0 Å². The highest BCUT2D eigenvalue weighted by Gasteiger charge is 2.12. The summed E-state index contributed by atoms with van der Waals surface area (Å²) in [7, 11) is -1.43. The Kier molecular flexibility index (Phi) is 3.27. The van der Waals surface area contributed by atoms with Gasteiger partial charge in [0.15, 0.2) is 0 Å². The number of nitrogens with zero attached hydrogens (tertiary/aromatic N) is 1. The SMILES string of the molecule is Cc1cc(B(O)O)cc(-c2ccnc(C)c2)c1. The first-order valence-electron chi connectivity index (χ1n) is 5.47. The Morgan fingerprint density at radius 2 is 1.76 bits per heavy atom. The Morgan fingerprint density at radius 3 is 2.41 bits per heavy atom. The number of pyridine rings is 1. The third-order valence-corrected chi connectivity index (χ3v) is 2.63. The summed E-state index contributed by atoms with van der Waals surface area (Å²) in [6, 6.07) is 9.45. The van der Waals surface area contributed by atoms with Gasteiger partial charge in [0.25, 0.3) is 0 Å². The molecule has 0 fully saturated rings. The largest absolute Gasteiger partial charge is 0.488 e. The van der Waals surface area contributed by atoms with E-state index in [1.165, 1.54) is 0 Å². The third kappa shape index (κ3) is 2.73. The molecule has 0 amide bonds. The molecule has 0 atom stereocenters. The minimum Gasteiger partial charge on any atom is -0.423 e. The number of hydrogen-bond donors (Lipinski definition) is 2. The Hall–Kier alpha value is -1.65. The normalized spacial score (nSPS) is 10.4. The fraction of sp³-hybridized carbons (Fsp3) is 0.154. The molecule has 2 rings (SSSR count). The van der Waals surface area contributed by atoms with Crippen molar-refractivity contribution in [2.45, 2.75) is 13.8 Å². The Balaban J connectivity index is 2.52. The molecular formula is C13H14BNO2. The van der Waals surface area contributed by atoms with E-state index in [-0.39, 0.29) is 0 Å². The summed E-state index contributed by atoms with van der Waals surface area (Å²) >= 11 is 0. The molecule has 3 nitrogen and oxygen atoms in total. The van der Waals surface area contributed by atoms with Crippen LogP contribution in [-0.4, -0.2) is 22.2 Å². The lowest BCUT2D eigenvalue weighted by Gasteiger charge is -2.07. The van der Waals surface area contributed by atoms with Crippen molar-refractivity contribution in [2.75, 3.05) is 0 Å². The van der Waals surface area contributed by atoms with Gasteiger partial charge in [0.2, 0.25) is 0 Å². The van der Waals surface area contributed by atoms with Crippen LogP contribution in [0.25, 0.3) is 11.1 Å². The molecule has 4 heteroatoms. The van der Waals surface area contributed by atoms with E-state index in [1.54, 1.807) is 18.3 Å². The molecular weight excluding hydrogens is 213 g/mol. The van der Waals surface area contributed by atoms with Crippen LogP contribution in [0.3, 0.4) is 0 Å². The summed E-state index contributed by atoms with van der Waals surface area (Å²) in [4.78, 5) is 4.15. The maximum Gasteiger partial charge on any atom is 0.488 e. The van der Waals surface area contributed by atoms with Gasteiger partial charge in [-0.1, -0.05) is 23.8 Å². The van der Waals surface area contributed by atoms with Crippen LogP contribution in [0.4, 0.5) is 0 Å². The van der Waals surface area contributed by atoms with Gasteiger partial charge in [0.1, 0.15) is 0 Å². The summed E-state index contributed by atoms with van der Waals surface area (Å²) in [6.07, 6.45) is 1.75. The van der Waals surface area contributed by atoms with E-state index in [1.807, 2.05) is 32.0 Å². The molecule has 1 aromatic carbocycles. The van der Waals surface area contributed by atoms with Crippen molar-refractivity contribution in [3.05, 3.63) is 47.8 Å². The average molecular weight is 227 g/mol. The topological polar surface area (TPSA) is 53.4 Å². The number of rotatable bonds is 2. The van der Waals surface area contributed by atoms with Crippen molar-refractivity contribution in [3.63, 3.8) is 0 Å². The zero-order chi connectivity index (χ0) is 12.4. The van der Waals surface area contributed by atoms with Crippen molar-refractivity contribution in [3.8, 4) is 11.1 Å². The molecule has 0 radical (unpaired) electrons. The van der Waals surface area contributed by atoms with Crippen molar-refractivity contribution in [1.82, 2.24) is 4.98 Å². The highest BCUT2D eigenvalue weighted by molar-refractivity contribution is 6.58. The molecule has 0 saturated carbocycles. The van der Waals surface area contributed by atoms with E-state index in [4.69, 9.17) is 0 Å². The molecule has 2 N–H and O–H groups in total. The van der Waals surface area contributed by atoms with Crippen LogP contribution in [0.1, 0.15) is 11.3 Å². The Morgan fingerprint density at radius 1 is 1.00 bits per heavy atom. The van der Waals surface area contributed by atoms with Gasteiger partial charge in [-0.2, -0.15) is 0 Å². The summed E-state index contributed by atoms with van der Waals surface area (Å²) in [5, 5.41) is 18.4. The van der Waals surface area contributed by atoms with Crippen LogP contribution in [0.15, 0.2) is 36.5 Å². The summed E-state index contributed by atoms with van der Waals surface area (Å²) < 4.78 is 0. The quantitative estimate of drug-likeness (QED) is 0.754. The lowest BCUT2D eigenvalue weighted by atomic mass is 9.78. The number of aryl methyl sites for hydroxylation is 2. The fourth-order valence-electron chi connectivity index (χ4n) is 1.85. The predicted molar refractivity (Wildman–Crippen MR) is 69.0 cm³/mol. The van der Waals surface area contributed by atoms with Gasteiger partial charge in [0, 0.05) is 11.9 Å². The minimum absolute atomic E-state index is 0.509. The second kappa shape index (κ2) is 4.69. The highest BCUT2D eigenvalue weighted by Crippen LogP contribution is 2.19. The maximum absolute atomic E-state index is 9.22. The lowest BCUT2D eigenvalue weighted by Crippen LogP contribution is -2.30. The lowest BCUT2D eigenvalue weighted by molar-refractivity contribution is 0.426. The first-order chi connectivity index (χ1) is 8.06.